The number of phenols is 1. The highest BCUT2D eigenvalue weighted by molar-refractivity contribution is 5.85. The maximum atomic E-state index is 12.1. The highest BCUT2D eigenvalue weighted by Gasteiger charge is 2.62. The number of aliphatic hydroxyl groups is 4. The Hall–Kier alpha value is -2.20. The van der Waals surface area contributed by atoms with Crippen molar-refractivity contribution in [1.82, 2.24) is 0 Å². The Morgan fingerprint density at radius 3 is 2.38 bits per heavy atom. The van der Waals surface area contributed by atoms with Gasteiger partial charge in [0.2, 0.25) is 0 Å². The third-order valence-electron chi connectivity index (χ3n) is 4.10. The number of cyclic esters (lactones) is 1. The molecule has 2 rings (SSSR count). The molecular formula is C15H18O9. The molecule has 1 aromatic rings. The van der Waals surface area contributed by atoms with Crippen LogP contribution in [0.2, 0.25) is 0 Å². The van der Waals surface area contributed by atoms with E-state index in [4.69, 9.17) is 14.9 Å². The normalized spacial score (nSPS) is 29.1. The van der Waals surface area contributed by atoms with Gasteiger partial charge in [0, 0.05) is 5.92 Å². The Kier molecular flexibility index (Phi) is 5.09. The lowest BCUT2D eigenvalue weighted by atomic mass is 9.76. The van der Waals surface area contributed by atoms with Gasteiger partial charge in [-0.25, -0.2) is 4.79 Å². The molecule has 0 aromatic heterocycles. The molecule has 9 heteroatoms. The van der Waals surface area contributed by atoms with Gasteiger partial charge in [-0.2, -0.15) is 0 Å². The summed E-state index contributed by atoms with van der Waals surface area (Å²) in [5, 5.41) is 58.0. The van der Waals surface area contributed by atoms with Crippen LogP contribution in [-0.4, -0.2) is 73.1 Å². The first-order valence-corrected chi connectivity index (χ1v) is 7.13. The van der Waals surface area contributed by atoms with Crippen molar-refractivity contribution in [3.8, 4) is 5.75 Å². The maximum absolute atomic E-state index is 12.1. The van der Waals surface area contributed by atoms with E-state index in [0.29, 0.717) is 0 Å². The van der Waals surface area contributed by atoms with Crippen LogP contribution in [0, 0.1) is 0 Å². The molecule has 1 aromatic carbocycles. The van der Waals surface area contributed by atoms with Crippen molar-refractivity contribution < 1.29 is 45.0 Å². The first-order valence-electron chi connectivity index (χ1n) is 7.13. The molecule has 1 heterocycles. The number of aromatic hydroxyl groups is 1. The number of carboxylic acid groups (broad SMARTS) is 1. The molecule has 9 nitrogen and oxygen atoms in total. The van der Waals surface area contributed by atoms with Crippen molar-refractivity contribution in [3.05, 3.63) is 29.8 Å². The Morgan fingerprint density at radius 2 is 1.88 bits per heavy atom. The lowest BCUT2D eigenvalue weighted by molar-refractivity contribution is -0.161. The summed E-state index contributed by atoms with van der Waals surface area (Å²) in [6, 6.07) is 5.08. The molecule has 1 saturated heterocycles. The van der Waals surface area contributed by atoms with Crippen LogP contribution in [0.5, 0.6) is 5.75 Å². The van der Waals surface area contributed by atoms with Crippen molar-refractivity contribution in [1.29, 1.82) is 0 Å². The number of aliphatic hydroxyl groups excluding tert-OH is 3. The zero-order chi connectivity index (χ0) is 18.1. The van der Waals surface area contributed by atoms with Crippen molar-refractivity contribution in [2.45, 2.75) is 36.3 Å². The fraction of sp³-hybridized carbons (Fsp3) is 0.467. The molecule has 5 atom stereocenters. The van der Waals surface area contributed by atoms with Gasteiger partial charge >= 0.3 is 11.9 Å². The predicted molar refractivity (Wildman–Crippen MR) is 77.0 cm³/mol. The molecule has 24 heavy (non-hydrogen) atoms. The van der Waals surface area contributed by atoms with Gasteiger partial charge in [0.1, 0.15) is 18.0 Å². The van der Waals surface area contributed by atoms with Crippen molar-refractivity contribution in [2.24, 2.45) is 0 Å². The molecule has 1 aliphatic rings. The molecule has 0 spiro atoms. The van der Waals surface area contributed by atoms with Crippen LogP contribution in [0.3, 0.4) is 0 Å². The Labute approximate surface area is 136 Å². The minimum atomic E-state index is -2.63. The molecule has 132 valence electrons. The van der Waals surface area contributed by atoms with Gasteiger partial charge in [-0.15, -0.1) is 0 Å². The lowest BCUT2D eigenvalue weighted by Gasteiger charge is -2.32. The Balaban J connectivity index is 2.45. The predicted octanol–water partition coefficient (Wildman–Crippen LogP) is -1.68. The molecule has 0 unspecified atom stereocenters. The summed E-state index contributed by atoms with van der Waals surface area (Å²) in [5.74, 6) is -4.14. The number of hydrogen-bond donors (Lipinski definition) is 6. The van der Waals surface area contributed by atoms with Gasteiger partial charge in [0.05, 0.1) is 13.0 Å². The number of carboxylic acids is 1. The summed E-state index contributed by atoms with van der Waals surface area (Å²) in [6.45, 7) is -0.826. The van der Waals surface area contributed by atoms with Gasteiger partial charge in [-0.1, -0.05) is 12.1 Å². The lowest BCUT2D eigenvalue weighted by Crippen LogP contribution is -2.53. The average molecular weight is 342 g/mol. The van der Waals surface area contributed by atoms with E-state index >= 15 is 0 Å². The highest BCUT2D eigenvalue weighted by atomic mass is 16.6. The molecule has 0 saturated carbocycles. The number of aliphatic carboxylic acids is 1. The molecule has 0 radical (unpaired) electrons. The average Bonchev–Trinajstić information content (AvgIpc) is 2.77. The summed E-state index contributed by atoms with van der Waals surface area (Å²) in [5.41, 5.74) is -2.45. The van der Waals surface area contributed by atoms with Crippen molar-refractivity contribution in [2.75, 3.05) is 6.61 Å². The molecular weight excluding hydrogens is 324 g/mol. The van der Waals surface area contributed by atoms with Crippen LogP contribution in [0.15, 0.2) is 24.3 Å². The van der Waals surface area contributed by atoms with E-state index in [2.05, 4.69) is 0 Å². The largest absolute Gasteiger partial charge is 0.508 e. The van der Waals surface area contributed by atoms with Gasteiger partial charge in [0.25, 0.3) is 0 Å². The summed E-state index contributed by atoms with van der Waals surface area (Å²) in [7, 11) is 0. The molecule has 0 aliphatic carbocycles. The molecule has 0 bridgehead atoms. The summed E-state index contributed by atoms with van der Waals surface area (Å²) in [4.78, 5) is 23.3. The van der Waals surface area contributed by atoms with Gasteiger partial charge in [-0.3, -0.25) is 4.79 Å². The second kappa shape index (κ2) is 6.73. The van der Waals surface area contributed by atoms with E-state index in [1.807, 2.05) is 0 Å². The quantitative estimate of drug-likeness (QED) is 0.331. The number of ether oxygens (including phenoxy) is 1. The number of phenolic OH excluding ortho intramolecular Hbond substituents is 1. The SMILES string of the molecule is O=C(O)C[C@@H](c1ccc(O)cc1)[C@@]1(O)C(=O)O[C@H]([C@@H](O)CO)[C@H]1O. The van der Waals surface area contributed by atoms with E-state index < -0.39 is 54.8 Å². The van der Waals surface area contributed by atoms with E-state index in [1.54, 1.807) is 0 Å². The van der Waals surface area contributed by atoms with Gasteiger partial charge < -0.3 is 35.4 Å². The molecule has 0 amide bonds. The fourth-order valence-corrected chi connectivity index (χ4v) is 2.80. The van der Waals surface area contributed by atoms with Crippen molar-refractivity contribution >= 4 is 11.9 Å². The monoisotopic (exact) mass is 342 g/mol. The summed E-state index contributed by atoms with van der Waals surface area (Å²) >= 11 is 0. The van der Waals surface area contributed by atoms with E-state index in [-0.39, 0.29) is 11.3 Å². The third-order valence-corrected chi connectivity index (χ3v) is 4.10. The molecule has 1 aliphatic heterocycles. The number of benzene rings is 1. The van der Waals surface area contributed by atoms with Crippen LogP contribution in [0.4, 0.5) is 0 Å². The van der Waals surface area contributed by atoms with E-state index in [9.17, 15) is 30.0 Å². The van der Waals surface area contributed by atoms with E-state index in [1.165, 1.54) is 24.3 Å². The first kappa shape index (κ1) is 18.1. The minimum Gasteiger partial charge on any atom is -0.508 e. The second-order valence-corrected chi connectivity index (χ2v) is 5.63. The standard InChI is InChI=1S/C15H18O9/c16-6-10(18)12-13(21)15(23,14(22)24-12)9(5-11(19)20)7-1-3-8(17)4-2-7/h1-4,9-10,12-13,16-18,21,23H,5-6H2,(H,19,20)/t9-,10-,12+,13+,15-/m0/s1. The fourth-order valence-electron chi connectivity index (χ4n) is 2.80. The number of rotatable bonds is 6. The number of esters is 1. The van der Waals surface area contributed by atoms with Crippen LogP contribution < -0.4 is 0 Å². The van der Waals surface area contributed by atoms with Crippen LogP contribution in [0.25, 0.3) is 0 Å². The van der Waals surface area contributed by atoms with Crippen LogP contribution >= 0.6 is 0 Å². The summed E-state index contributed by atoms with van der Waals surface area (Å²) < 4.78 is 4.76. The van der Waals surface area contributed by atoms with Crippen molar-refractivity contribution in [3.63, 3.8) is 0 Å². The van der Waals surface area contributed by atoms with Crippen LogP contribution in [0.1, 0.15) is 17.9 Å². The Morgan fingerprint density at radius 1 is 1.29 bits per heavy atom. The number of hydrogen-bond acceptors (Lipinski definition) is 8. The summed E-state index contributed by atoms with van der Waals surface area (Å²) in [6.07, 6.45) is -5.90. The molecule has 6 N–H and O–H groups in total. The number of carbonyl (C=O) groups excluding carboxylic acids is 1. The third kappa shape index (κ3) is 3.06. The zero-order valence-electron chi connectivity index (χ0n) is 12.4. The van der Waals surface area contributed by atoms with Gasteiger partial charge in [-0.05, 0) is 17.7 Å². The Bertz CT molecular complexity index is 614. The first-order chi connectivity index (χ1) is 11.2. The number of carbonyl (C=O) groups is 2. The highest BCUT2D eigenvalue weighted by Crippen LogP contribution is 2.42. The van der Waals surface area contributed by atoms with Gasteiger partial charge in [0.15, 0.2) is 11.7 Å². The molecule has 1 fully saturated rings. The zero-order valence-corrected chi connectivity index (χ0v) is 12.4. The maximum Gasteiger partial charge on any atom is 0.342 e. The topological polar surface area (TPSA) is 165 Å². The van der Waals surface area contributed by atoms with Crippen LogP contribution in [-0.2, 0) is 14.3 Å². The minimum absolute atomic E-state index is 0.108. The van der Waals surface area contributed by atoms with E-state index in [0.717, 1.165) is 0 Å². The smallest absolute Gasteiger partial charge is 0.342 e. The second-order valence-electron chi connectivity index (χ2n) is 5.63.